The summed E-state index contributed by atoms with van der Waals surface area (Å²) in [6, 6.07) is 6.39. The predicted molar refractivity (Wildman–Crippen MR) is 114 cm³/mol. The van der Waals surface area contributed by atoms with Crippen LogP contribution < -0.4 is 9.46 Å². The van der Waals surface area contributed by atoms with E-state index >= 15 is 0 Å². The number of anilines is 1. The minimum atomic E-state index is -4.73. The molecule has 1 fully saturated rings. The van der Waals surface area contributed by atoms with E-state index in [1.165, 1.54) is 37.5 Å². The number of hydrogen-bond acceptors (Lipinski definition) is 8. The molecule has 0 radical (unpaired) electrons. The molecule has 3 heterocycles. The highest BCUT2D eigenvalue weighted by Gasteiger charge is 2.39. The summed E-state index contributed by atoms with van der Waals surface area (Å²) >= 11 is 0. The second kappa shape index (κ2) is 8.53. The van der Waals surface area contributed by atoms with Crippen LogP contribution in [-0.2, 0) is 16.2 Å². The molecule has 1 saturated carbocycles. The SMILES string of the molecule is Cc1nc(C(F)(F)F)nc(C2CC2)c1Oc1nc(-c2cncc(C#N)c2)ccc1NS(C)(=O)=O. The number of halogens is 3. The van der Waals surface area contributed by atoms with Crippen LogP contribution in [0.15, 0.2) is 30.6 Å². The first-order valence-electron chi connectivity index (χ1n) is 9.92. The lowest BCUT2D eigenvalue weighted by Crippen LogP contribution is -2.15. The Labute approximate surface area is 192 Å². The molecule has 0 aromatic carbocycles. The van der Waals surface area contributed by atoms with Crippen molar-refractivity contribution in [2.45, 2.75) is 31.9 Å². The summed E-state index contributed by atoms with van der Waals surface area (Å²) in [6.45, 7) is 1.35. The summed E-state index contributed by atoms with van der Waals surface area (Å²) in [7, 11) is -3.74. The molecular formula is C21H17F3N6O3S. The molecule has 9 nitrogen and oxygen atoms in total. The number of nitrogens with one attached hydrogen (secondary N) is 1. The topological polar surface area (TPSA) is 131 Å². The molecule has 0 unspecified atom stereocenters. The van der Waals surface area contributed by atoms with E-state index in [2.05, 4.69) is 24.7 Å². The summed E-state index contributed by atoms with van der Waals surface area (Å²) < 4.78 is 71.7. The fourth-order valence-electron chi connectivity index (χ4n) is 3.17. The number of sulfonamides is 1. The monoisotopic (exact) mass is 490 g/mol. The quantitative estimate of drug-likeness (QED) is 0.545. The Morgan fingerprint density at radius 1 is 1.18 bits per heavy atom. The number of rotatable bonds is 6. The number of alkyl halides is 3. The van der Waals surface area contributed by atoms with Crippen LogP contribution in [-0.4, -0.2) is 34.6 Å². The molecule has 3 aromatic rings. The molecule has 1 aliphatic rings. The highest BCUT2D eigenvalue weighted by Crippen LogP contribution is 2.46. The van der Waals surface area contributed by atoms with Crippen molar-refractivity contribution >= 4 is 15.7 Å². The highest BCUT2D eigenvalue weighted by molar-refractivity contribution is 7.92. The molecule has 1 N–H and O–H groups in total. The van der Waals surface area contributed by atoms with Gasteiger partial charge in [-0.25, -0.2) is 23.4 Å². The smallest absolute Gasteiger partial charge is 0.433 e. The molecule has 0 amide bonds. The third-order valence-electron chi connectivity index (χ3n) is 4.80. The van der Waals surface area contributed by atoms with E-state index in [-0.39, 0.29) is 40.2 Å². The van der Waals surface area contributed by atoms with E-state index in [1.807, 2.05) is 6.07 Å². The Bertz CT molecular complexity index is 1420. The summed E-state index contributed by atoms with van der Waals surface area (Å²) in [6.07, 6.45) is 0.307. The molecule has 0 bridgehead atoms. The molecule has 4 rings (SSSR count). The van der Waals surface area contributed by atoms with Crippen LogP contribution in [0.2, 0.25) is 0 Å². The molecule has 0 saturated heterocycles. The van der Waals surface area contributed by atoms with Crippen LogP contribution in [0.25, 0.3) is 11.3 Å². The van der Waals surface area contributed by atoms with Crippen LogP contribution in [0.5, 0.6) is 11.6 Å². The predicted octanol–water partition coefficient (Wildman–Crippen LogP) is 4.17. The van der Waals surface area contributed by atoms with Crippen molar-refractivity contribution in [3.8, 4) is 29.0 Å². The minimum absolute atomic E-state index is 0.0133. The molecule has 0 aliphatic heterocycles. The van der Waals surface area contributed by atoms with Gasteiger partial charge in [-0.05, 0) is 38.0 Å². The van der Waals surface area contributed by atoms with Crippen LogP contribution in [0, 0.1) is 18.3 Å². The Kier molecular flexibility index (Phi) is 5.86. The number of aromatic nitrogens is 4. The first-order valence-corrected chi connectivity index (χ1v) is 11.8. The Morgan fingerprint density at radius 2 is 1.91 bits per heavy atom. The van der Waals surface area contributed by atoms with E-state index in [4.69, 9.17) is 10.00 Å². The van der Waals surface area contributed by atoms with Gasteiger partial charge in [-0.15, -0.1) is 0 Å². The van der Waals surface area contributed by atoms with Gasteiger partial charge in [0.1, 0.15) is 11.8 Å². The second-order valence-corrected chi connectivity index (χ2v) is 9.47. The fourth-order valence-corrected chi connectivity index (χ4v) is 3.72. The Hall–Kier alpha value is -3.79. The van der Waals surface area contributed by atoms with E-state index < -0.39 is 22.0 Å². The number of hydrogen-bond donors (Lipinski definition) is 1. The summed E-state index contributed by atoms with van der Waals surface area (Å²) in [5.74, 6) is -1.72. The number of aryl methyl sites for hydroxylation is 1. The molecule has 13 heteroatoms. The van der Waals surface area contributed by atoms with Crippen molar-refractivity contribution in [2.75, 3.05) is 11.0 Å². The zero-order valence-corrected chi connectivity index (χ0v) is 18.7. The van der Waals surface area contributed by atoms with Crippen LogP contribution >= 0.6 is 0 Å². The van der Waals surface area contributed by atoms with Gasteiger partial charge < -0.3 is 4.74 Å². The van der Waals surface area contributed by atoms with Gasteiger partial charge in [0.05, 0.1) is 28.9 Å². The lowest BCUT2D eigenvalue weighted by atomic mass is 10.1. The van der Waals surface area contributed by atoms with Crippen molar-refractivity contribution < 1.29 is 26.3 Å². The van der Waals surface area contributed by atoms with Crippen molar-refractivity contribution in [3.63, 3.8) is 0 Å². The zero-order valence-electron chi connectivity index (χ0n) is 17.9. The van der Waals surface area contributed by atoms with Crippen LogP contribution in [0.1, 0.15) is 41.5 Å². The molecular weight excluding hydrogens is 473 g/mol. The average molecular weight is 490 g/mol. The number of nitrogens with zero attached hydrogens (tertiary/aromatic N) is 5. The first-order chi connectivity index (χ1) is 15.9. The summed E-state index contributed by atoms with van der Waals surface area (Å²) in [5, 5.41) is 9.12. The maximum absolute atomic E-state index is 13.3. The van der Waals surface area contributed by atoms with Gasteiger partial charge in [0.2, 0.25) is 21.7 Å². The van der Waals surface area contributed by atoms with Gasteiger partial charge in [-0.2, -0.15) is 18.4 Å². The second-order valence-electron chi connectivity index (χ2n) is 7.72. The molecule has 1 aliphatic carbocycles. The van der Waals surface area contributed by atoms with Crippen molar-refractivity contribution in [2.24, 2.45) is 0 Å². The third kappa shape index (κ3) is 5.23. The Morgan fingerprint density at radius 3 is 2.53 bits per heavy atom. The van der Waals surface area contributed by atoms with Crippen LogP contribution in [0.4, 0.5) is 18.9 Å². The molecule has 3 aromatic heterocycles. The lowest BCUT2D eigenvalue weighted by Gasteiger charge is -2.17. The lowest BCUT2D eigenvalue weighted by molar-refractivity contribution is -0.145. The summed E-state index contributed by atoms with van der Waals surface area (Å²) in [4.78, 5) is 15.6. The van der Waals surface area contributed by atoms with Crippen molar-refractivity contribution in [1.82, 2.24) is 19.9 Å². The van der Waals surface area contributed by atoms with Gasteiger partial charge in [0.25, 0.3) is 0 Å². The zero-order chi connectivity index (χ0) is 24.7. The highest BCUT2D eigenvalue weighted by atomic mass is 32.2. The van der Waals surface area contributed by atoms with Gasteiger partial charge in [0, 0.05) is 23.9 Å². The van der Waals surface area contributed by atoms with E-state index in [1.54, 1.807) is 0 Å². The number of ether oxygens (including phenoxy) is 1. The molecule has 34 heavy (non-hydrogen) atoms. The standard InChI is InChI=1S/C21H17F3N6O3S/c1-11-18(17(13-3-4-13)29-20(27-11)21(22,23)24)33-19-16(30-34(2,31)32)6-5-15(28-19)14-7-12(8-25)9-26-10-14/h5-7,9-10,13,30H,3-4H2,1-2H3. The first kappa shape index (κ1) is 23.4. The normalized spacial score (nSPS) is 13.9. The van der Waals surface area contributed by atoms with Crippen molar-refractivity contribution in [1.29, 1.82) is 5.26 Å². The number of nitriles is 1. The minimum Gasteiger partial charge on any atom is -0.433 e. The average Bonchev–Trinajstić information content (AvgIpc) is 3.59. The van der Waals surface area contributed by atoms with Gasteiger partial charge >= 0.3 is 6.18 Å². The number of pyridine rings is 2. The van der Waals surface area contributed by atoms with E-state index in [9.17, 15) is 21.6 Å². The third-order valence-corrected chi connectivity index (χ3v) is 5.39. The van der Waals surface area contributed by atoms with E-state index in [0.717, 1.165) is 6.26 Å². The molecule has 0 spiro atoms. The van der Waals surface area contributed by atoms with Gasteiger partial charge in [0.15, 0.2) is 5.75 Å². The van der Waals surface area contributed by atoms with Gasteiger partial charge in [-0.1, -0.05) is 0 Å². The fraction of sp³-hybridized carbons (Fsp3) is 0.286. The largest absolute Gasteiger partial charge is 0.451 e. The maximum Gasteiger partial charge on any atom is 0.451 e. The molecule has 176 valence electrons. The maximum atomic E-state index is 13.3. The van der Waals surface area contributed by atoms with Crippen LogP contribution in [0.3, 0.4) is 0 Å². The van der Waals surface area contributed by atoms with E-state index in [0.29, 0.717) is 24.1 Å². The van der Waals surface area contributed by atoms with Gasteiger partial charge in [-0.3, -0.25) is 9.71 Å². The van der Waals surface area contributed by atoms with Crippen molar-refractivity contribution in [3.05, 3.63) is 53.4 Å². The Balaban J connectivity index is 1.83. The summed E-state index contributed by atoms with van der Waals surface area (Å²) in [5.41, 5.74) is 1.04. The molecule has 0 atom stereocenters.